The number of ether oxygens (including phenoxy) is 1. The zero-order valence-electron chi connectivity index (χ0n) is 23.8. The highest BCUT2D eigenvalue weighted by atomic mass is 16.5. The van der Waals surface area contributed by atoms with Gasteiger partial charge in [0.2, 0.25) is 5.91 Å². The van der Waals surface area contributed by atoms with E-state index in [0.29, 0.717) is 37.0 Å². The van der Waals surface area contributed by atoms with Crippen LogP contribution in [-0.4, -0.2) is 36.7 Å². The van der Waals surface area contributed by atoms with Gasteiger partial charge in [-0.2, -0.15) is 0 Å². The molecule has 0 radical (unpaired) electrons. The van der Waals surface area contributed by atoms with Gasteiger partial charge in [-0.25, -0.2) is 4.79 Å². The Balaban J connectivity index is 1.19. The van der Waals surface area contributed by atoms with Crippen LogP contribution < -0.4 is 15.0 Å². The molecule has 0 spiro atoms. The van der Waals surface area contributed by atoms with Crippen LogP contribution in [0.5, 0.6) is 5.75 Å². The zero-order chi connectivity index (χ0) is 28.3. The fraction of sp³-hybridized carbons (Fsp3) is 0.412. The topological polar surface area (TPSA) is 78.9 Å². The third-order valence-corrected chi connectivity index (χ3v) is 7.51. The number of aryl methyl sites for hydroxylation is 2. The van der Waals surface area contributed by atoms with Gasteiger partial charge >= 0.3 is 5.97 Å². The minimum absolute atomic E-state index is 0.139. The summed E-state index contributed by atoms with van der Waals surface area (Å²) in [5, 5.41) is 12.7. The highest BCUT2D eigenvalue weighted by Gasteiger charge is 2.25. The SMILES string of the molecule is CC1CC(C)CN(c2ccc(NC(=O)CCc3ccc(OCCCCCc4ccccc4)cc3)cc2C(=O)O)C1. The lowest BCUT2D eigenvalue weighted by atomic mass is 9.91. The van der Waals surface area contributed by atoms with Gasteiger partial charge in [0.05, 0.1) is 17.9 Å². The van der Waals surface area contributed by atoms with E-state index in [2.05, 4.69) is 48.3 Å². The molecule has 6 nitrogen and oxygen atoms in total. The number of carbonyl (C=O) groups excluding carboxylic acids is 1. The second kappa shape index (κ2) is 14.5. The quantitative estimate of drug-likeness (QED) is 0.223. The van der Waals surface area contributed by atoms with Crippen LogP contribution in [0.4, 0.5) is 11.4 Å². The number of nitrogens with zero attached hydrogens (tertiary/aromatic N) is 1. The number of nitrogens with one attached hydrogen (secondary N) is 1. The number of rotatable bonds is 13. The third-order valence-electron chi connectivity index (χ3n) is 7.51. The molecule has 1 fully saturated rings. The van der Waals surface area contributed by atoms with Crippen molar-refractivity contribution in [1.82, 2.24) is 0 Å². The summed E-state index contributed by atoms with van der Waals surface area (Å²) in [5.41, 5.74) is 3.90. The van der Waals surface area contributed by atoms with E-state index in [1.165, 1.54) is 5.56 Å². The molecule has 1 saturated heterocycles. The zero-order valence-corrected chi connectivity index (χ0v) is 23.8. The van der Waals surface area contributed by atoms with Crippen molar-refractivity contribution in [3.8, 4) is 5.75 Å². The van der Waals surface area contributed by atoms with Gasteiger partial charge in [0.1, 0.15) is 5.75 Å². The molecule has 4 rings (SSSR count). The Kier molecular flexibility index (Phi) is 10.6. The van der Waals surface area contributed by atoms with E-state index in [0.717, 1.165) is 62.2 Å². The Morgan fingerprint density at radius 3 is 2.27 bits per heavy atom. The highest BCUT2D eigenvalue weighted by molar-refractivity contribution is 5.98. The summed E-state index contributed by atoms with van der Waals surface area (Å²) in [4.78, 5) is 26.8. The molecule has 2 unspecified atom stereocenters. The molecule has 2 N–H and O–H groups in total. The number of carboxylic acids is 1. The van der Waals surface area contributed by atoms with E-state index < -0.39 is 5.97 Å². The van der Waals surface area contributed by atoms with Gasteiger partial charge in [-0.1, -0.05) is 56.3 Å². The number of benzene rings is 3. The predicted molar refractivity (Wildman–Crippen MR) is 161 cm³/mol. The van der Waals surface area contributed by atoms with E-state index in [-0.39, 0.29) is 11.5 Å². The number of amides is 1. The maximum Gasteiger partial charge on any atom is 0.337 e. The van der Waals surface area contributed by atoms with E-state index in [1.807, 2.05) is 36.4 Å². The van der Waals surface area contributed by atoms with Gasteiger partial charge in [-0.3, -0.25) is 4.79 Å². The molecule has 3 aromatic carbocycles. The van der Waals surface area contributed by atoms with Crippen molar-refractivity contribution < 1.29 is 19.4 Å². The molecular weight excluding hydrogens is 500 g/mol. The molecule has 212 valence electrons. The molecule has 0 aromatic heterocycles. The molecule has 2 atom stereocenters. The Labute approximate surface area is 238 Å². The number of carboxylic acid groups (broad SMARTS) is 1. The minimum Gasteiger partial charge on any atom is -0.494 e. The van der Waals surface area contributed by atoms with Gasteiger partial charge in [0, 0.05) is 25.2 Å². The van der Waals surface area contributed by atoms with Crippen LogP contribution in [0.2, 0.25) is 0 Å². The first kappa shape index (κ1) is 29.2. The summed E-state index contributed by atoms with van der Waals surface area (Å²) in [6.45, 7) is 6.79. The summed E-state index contributed by atoms with van der Waals surface area (Å²) in [6, 6.07) is 23.7. The second-order valence-corrected chi connectivity index (χ2v) is 11.2. The van der Waals surface area contributed by atoms with Crippen LogP contribution in [0.15, 0.2) is 72.8 Å². The van der Waals surface area contributed by atoms with Gasteiger partial charge < -0.3 is 20.1 Å². The van der Waals surface area contributed by atoms with Crippen LogP contribution in [0.3, 0.4) is 0 Å². The van der Waals surface area contributed by atoms with Crippen molar-refractivity contribution >= 4 is 23.3 Å². The Hall–Kier alpha value is -3.80. The predicted octanol–water partition coefficient (Wildman–Crippen LogP) is 7.23. The first-order valence-electron chi connectivity index (χ1n) is 14.5. The number of anilines is 2. The summed E-state index contributed by atoms with van der Waals surface area (Å²) >= 11 is 0. The van der Waals surface area contributed by atoms with Crippen LogP contribution in [0.25, 0.3) is 0 Å². The fourth-order valence-corrected chi connectivity index (χ4v) is 5.60. The average Bonchev–Trinajstić information content (AvgIpc) is 2.94. The van der Waals surface area contributed by atoms with E-state index in [4.69, 9.17) is 4.74 Å². The molecule has 1 aliphatic heterocycles. The third kappa shape index (κ3) is 8.87. The van der Waals surface area contributed by atoms with E-state index in [9.17, 15) is 14.7 Å². The molecule has 3 aromatic rings. The molecule has 1 amide bonds. The smallest absolute Gasteiger partial charge is 0.337 e. The lowest BCUT2D eigenvalue weighted by Crippen LogP contribution is -2.39. The van der Waals surface area contributed by atoms with Crippen LogP contribution in [-0.2, 0) is 17.6 Å². The molecule has 1 heterocycles. The first-order valence-corrected chi connectivity index (χ1v) is 14.5. The maximum absolute atomic E-state index is 12.6. The van der Waals surface area contributed by atoms with Crippen LogP contribution in [0, 0.1) is 11.8 Å². The monoisotopic (exact) mass is 542 g/mol. The normalized spacial score (nSPS) is 16.9. The van der Waals surface area contributed by atoms with Gasteiger partial charge in [0.15, 0.2) is 0 Å². The Morgan fingerprint density at radius 2 is 1.57 bits per heavy atom. The Bertz CT molecular complexity index is 1230. The standard InChI is InChI=1S/C34H42N2O4/c1-25-21-26(2)24-36(23-25)32-18-15-29(22-31(32)34(38)39)35-33(37)19-14-28-12-16-30(17-13-28)40-20-8-4-7-11-27-9-5-3-6-10-27/h3,5-6,9-10,12-13,15-18,22,25-26H,4,7-8,11,14,19-21,23-24H2,1-2H3,(H,35,37)(H,38,39). The van der Waals surface area contributed by atoms with Crippen LogP contribution >= 0.6 is 0 Å². The number of aromatic carboxylic acids is 1. The Morgan fingerprint density at radius 1 is 0.875 bits per heavy atom. The fourth-order valence-electron chi connectivity index (χ4n) is 5.60. The second-order valence-electron chi connectivity index (χ2n) is 11.2. The molecule has 6 heteroatoms. The molecule has 1 aliphatic rings. The number of hydrogen-bond acceptors (Lipinski definition) is 4. The lowest BCUT2D eigenvalue weighted by Gasteiger charge is -2.37. The summed E-state index contributed by atoms with van der Waals surface area (Å²) in [6.07, 6.45) is 6.48. The molecule has 0 saturated carbocycles. The van der Waals surface area contributed by atoms with Gasteiger partial charge in [-0.05, 0) is 91.8 Å². The van der Waals surface area contributed by atoms with Crippen molar-refractivity contribution in [3.63, 3.8) is 0 Å². The average molecular weight is 543 g/mol. The highest BCUT2D eigenvalue weighted by Crippen LogP contribution is 2.30. The molecule has 0 aliphatic carbocycles. The summed E-state index contributed by atoms with van der Waals surface area (Å²) in [5.74, 6) is 0.753. The number of piperidine rings is 1. The van der Waals surface area contributed by atoms with E-state index >= 15 is 0 Å². The van der Waals surface area contributed by atoms with Crippen molar-refractivity contribution in [3.05, 3.63) is 89.5 Å². The summed E-state index contributed by atoms with van der Waals surface area (Å²) < 4.78 is 5.88. The number of unbranched alkanes of at least 4 members (excludes halogenated alkanes) is 2. The lowest BCUT2D eigenvalue weighted by molar-refractivity contribution is -0.116. The van der Waals surface area contributed by atoms with Crippen molar-refractivity contribution in [2.24, 2.45) is 11.8 Å². The van der Waals surface area contributed by atoms with Crippen LogP contribution in [0.1, 0.15) is 67.4 Å². The van der Waals surface area contributed by atoms with Gasteiger partial charge in [-0.15, -0.1) is 0 Å². The largest absolute Gasteiger partial charge is 0.494 e. The van der Waals surface area contributed by atoms with Crippen molar-refractivity contribution in [1.29, 1.82) is 0 Å². The molecular formula is C34H42N2O4. The maximum atomic E-state index is 12.6. The van der Waals surface area contributed by atoms with Gasteiger partial charge in [0.25, 0.3) is 0 Å². The first-order chi connectivity index (χ1) is 19.4. The van der Waals surface area contributed by atoms with Crippen molar-refractivity contribution in [2.45, 2.75) is 58.8 Å². The van der Waals surface area contributed by atoms with E-state index in [1.54, 1.807) is 12.1 Å². The molecule has 40 heavy (non-hydrogen) atoms. The molecule has 0 bridgehead atoms. The summed E-state index contributed by atoms with van der Waals surface area (Å²) in [7, 11) is 0. The minimum atomic E-state index is -0.980. The number of carbonyl (C=O) groups is 2. The van der Waals surface area contributed by atoms with Crippen molar-refractivity contribution in [2.75, 3.05) is 29.9 Å². The number of hydrogen-bond donors (Lipinski definition) is 2.